The number of H-pyrrole nitrogens is 1. The van der Waals surface area contributed by atoms with Crippen molar-refractivity contribution in [1.29, 1.82) is 0 Å². The molecule has 0 fully saturated rings. The SMILES string of the molecule is Cc1ccc2c(-c3nc4cc(C5=CCNCC5)ccc4n3-c3ccc4c(c3)n(C)c(=O)n4C)c[nH]c2c1. The minimum atomic E-state index is -0.0326. The van der Waals surface area contributed by atoms with Gasteiger partial charge in [0.2, 0.25) is 0 Å². The maximum atomic E-state index is 12.6. The van der Waals surface area contributed by atoms with Crippen LogP contribution in [0.4, 0.5) is 0 Å². The lowest BCUT2D eigenvalue weighted by molar-refractivity contribution is 0.738. The van der Waals surface area contributed by atoms with Gasteiger partial charge in [-0.15, -0.1) is 0 Å². The molecule has 0 amide bonds. The third kappa shape index (κ3) is 3.31. The molecule has 1 aliphatic heterocycles. The molecule has 37 heavy (non-hydrogen) atoms. The van der Waals surface area contributed by atoms with Crippen molar-refractivity contribution in [3.63, 3.8) is 0 Å². The summed E-state index contributed by atoms with van der Waals surface area (Å²) in [7, 11) is 3.63. The highest BCUT2D eigenvalue weighted by Crippen LogP contribution is 2.35. The second-order valence-electron chi connectivity index (χ2n) is 9.98. The summed E-state index contributed by atoms with van der Waals surface area (Å²) in [5, 5.41) is 4.53. The van der Waals surface area contributed by atoms with Crippen molar-refractivity contribution in [2.45, 2.75) is 13.3 Å². The molecular formula is C30H28N6O. The van der Waals surface area contributed by atoms with Crippen molar-refractivity contribution in [2.24, 2.45) is 14.1 Å². The highest BCUT2D eigenvalue weighted by Gasteiger charge is 2.20. The second kappa shape index (κ2) is 8.08. The van der Waals surface area contributed by atoms with Crippen LogP contribution in [-0.2, 0) is 14.1 Å². The maximum Gasteiger partial charge on any atom is 0.328 e. The van der Waals surface area contributed by atoms with Crippen molar-refractivity contribution in [1.82, 2.24) is 29.0 Å². The van der Waals surface area contributed by atoms with E-state index < -0.39 is 0 Å². The lowest BCUT2D eigenvalue weighted by atomic mass is 10.00. The molecule has 0 spiro atoms. The first-order valence-corrected chi connectivity index (χ1v) is 12.7. The van der Waals surface area contributed by atoms with Gasteiger partial charge in [-0.05, 0) is 73.0 Å². The fraction of sp³-hybridized carbons (Fsp3) is 0.200. The average Bonchev–Trinajstić information content (AvgIpc) is 3.57. The fourth-order valence-electron chi connectivity index (χ4n) is 5.67. The number of aromatic amines is 1. The predicted molar refractivity (Wildman–Crippen MR) is 150 cm³/mol. The lowest BCUT2D eigenvalue weighted by Crippen LogP contribution is -2.19. The third-order valence-electron chi connectivity index (χ3n) is 7.68. The lowest BCUT2D eigenvalue weighted by Gasteiger charge is -2.14. The molecule has 3 aromatic heterocycles. The normalized spacial score (nSPS) is 14.2. The van der Waals surface area contributed by atoms with Gasteiger partial charge in [0, 0.05) is 49.0 Å². The van der Waals surface area contributed by atoms with Crippen molar-refractivity contribution in [2.75, 3.05) is 13.1 Å². The van der Waals surface area contributed by atoms with Crippen molar-refractivity contribution in [3.8, 4) is 17.1 Å². The predicted octanol–water partition coefficient (Wildman–Crippen LogP) is 5.05. The Kier molecular flexibility index (Phi) is 4.78. The van der Waals surface area contributed by atoms with E-state index in [-0.39, 0.29) is 5.69 Å². The van der Waals surface area contributed by atoms with Crippen LogP contribution in [0, 0.1) is 6.92 Å². The molecule has 0 saturated heterocycles. The third-order valence-corrected chi connectivity index (χ3v) is 7.68. The van der Waals surface area contributed by atoms with Crippen LogP contribution in [0.2, 0.25) is 0 Å². The van der Waals surface area contributed by atoms with Gasteiger partial charge in [0.25, 0.3) is 0 Å². The summed E-state index contributed by atoms with van der Waals surface area (Å²) in [4.78, 5) is 21.3. The van der Waals surface area contributed by atoms with Crippen molar-refractivity contribution < 1.29 is 0 Å². The van der Waals surface area contributed by atoms with Crippen LogP contribution in [0.1, 0.15) is 17.5 Å². The van der Waals surface area contributed by atoms with Crippen LogP contribution in [0.5, 0.6) is 0 Å². The first kappa shape index (κ1) is 21.9. The van der Waals surface area contributed by atoms with Gasteiger partial charge >= 0.3 is 5.69 Å². The molecule has 1 aliphatic rings. The average molecular weight is 489 g/mol. The van der Waals surface area contributed by atoms with Gasteiger partial charge in [0.1, 0.15) is 5.82 Å². The fourth-order valence-corrected chi connectivity index (χ4v) is 5.67. The Labute approximate surface area is 213 Å². The van der Waals surface area contributed by atoms with Crippen molar-refractivity contribution >= 4 is 38.5 Å². The van der Waals surface area contributed by atoms with Crippen LogP contribution in [0.15, 0.2) is 71.7 Å². The first-order chi connectivity index (χ1) is 18.0. The van der Waals surface area contributed by atoms with E-state index in [9.17, 15) is 4.79 Å². The second-order valence-corrected chi connectivity index (χ2v) is 9.98. The molecule has 0 saturated carbocycles. The van der Waals surface area contributed by atoms with E-state index in [1.54, 1.807) is 9.13 Å². The van der Waals surface area contributed by atoms with E-state index >= 15 is 0 Å². The molecule has 0 atom stereocenters. The molecule has 7 nitrogen and oxygen atoms in total. The van der Waals surface area contributed by atoms with Crippen LogP contribution < -0.4 is 11.0 Å². The van der Waals surface area contributed by atoms with Gasteiger partial charge in [0.15, 0.2) is 0 Å². The summed E-state index contributed by atoms with van der Waals surface area (Å²) in [5.74, 6) is 0.877. The summed E-state index contributed by atoms with van der Waals surface area (Å²) in [6.45, 7) is 4.00. The number of nitrogens with zero attached hydrogens (tertiary/aromatic N) is 4. The Morgan fingerprint density at radius 2 is 1.76 bits per heavy atom. The molecule has 0 radical (unpaired) electrons. The summed E-state index contributed by atoms with van der Waals surface area (Å²) in [6.07, 6.45) is 5.34. The quantitative estimate of drug-likeness (QED) is 0.366. The maximum absolute atomic E-state index is 12.6. The smallest absolute Gasteiger partial charge is 0.328 e. The number of rotatable bonds is 3. The molecule has 6 aromatic rings. The number of imidazole rings is 2. The van der Waals surface area contributed by atoms with Gasteiger partial charge in [-0.25, -0.2) is 9.78 Å². The molecule has 3 aromatic carbocycles. The zero-order valence-electron chi connectivity index (χ0n) is 21.2. The summed E-state index contributed by atoms with van der Waals surface area (Å²) < 4.78 is 5.61. The molecule has 2 N–H and O–H groups in total. The molecule has 0 bridgehead atoms. The van der Waals surface area contributed by atoms with E-state index in [2.05, 4.69) is 82.6 Å². The first-order valence-electron chi connectivity index (χ1n) is 12.7. The number of nitrogens with one attached hydrogen (secondary N) is 2. The Morgan fingerprint density at radius 1 is 0.919 bits per heavy atom. The van der Waals surface area contributed by atoms with Gasteiger partial charge in [-0.1, -0.05) is 24.3 Å². The number of hydrogen-bond acceptors (Lipinski definition) is 3. The molecule has 0 unspecified atom stereocenters. The molecular weight excluding hydrogens is 460 g/mol. The number of benzene rings is 3. The molecule has 184 valence electrons. The number of fused-ring (bicyclic) bond motifs is 3. The largest absolute Gasteiger partial charge is 0.360 e. The van der Waals surface area contributed by atoms with E-state index in [0.717, 1.165) is 69.6 Å². The Balaban J connectivity index is 1.51. The number of aromatic nitrogens is 5. The van der Waals surface area contributed by atoms with Gasteiger partial charge in [-0.3, -0.25) is 13.7 Å². The van der Waals surface area contributed by atoms with Crippen LogP contribution in [0.25, 0.3) is 55.6 Å². The Hall–Kier alpha value is -4.36. The summed E-state index contributed by atoms with van der Waals surface area (Å²) >= 11 is 0. The number of aryl methyl sites for hydroxylation is 3. The minimum absolute atomic E-state index is 0.0326. The molecule has 0 aliphatic carbocycles. The van der Waals surface area contributed by atoms with Crippen LogP contribution >= 0.6 is 0 Å². The highest BCUT2D eigenvalue weighted by molar-refractivity contribution is 5.97. The monoisotopic (exact) mass is 488 g/mol. The van der Waals surface area contributed by atoms with Gasteiger partial charge in [0.05, 0.1) is 22.1 Å². The van der Waals surface area contributed by atoms with E-state index in [0.29, 0.717) is 0 Å². The zero-order valence-corrected chi connectivity index (χ0v) is 21.2. The number of hydrogen-bond donors (Lipinski definition) is 2. The van der Waals surface area contributed by atoms with Gasteiger partial charge < -0.3 is 10.3 Å². The molecule has 7 heteroatoms. The van der Waals surface area contributed by atoms with Gasteiger partial charge in [-0.2, -0.15) is 0 Å². The van der Waals surface area contributed by atoms with Crippen LogP contribution in [-0.4, -0.2) is 36.8 Å². The minimum Gasteiger partial charge on any atom is -0.360 e. The van der Waals surface area contributed by atoms with E-state index in [1.165, 1.54) is 16.7 Å². The zero-order chi connectivity index (χ0) is 25.3. The standard InChI is InChI=1S/C30H28N6O/c1-18-4-7-22-23(17-32-24(22)14-18)29-33-25-15-20(19-10-12-31-13-11-19)5-8-26(25)36(29)21-6-9-27-28(16-21)35(3)30(37)34(27)2/h4-10,14-17,31-32H,11-13H2,1-3H3. The molecule has 4 heterocycles. The van der Waals surface area contributed by atoms with Crippen LogP contribution in [0.3, 0.4) is 0 Å². The highest BCUT2D eigenvalue weighted by atomic mass is 16.1. The van der Waals surface area contributed by atoms with Crippen molar-refractivity contribution in [3.05, 3.63) is 88.5 Å². The summed E-state index contributed by atoms with van der Waals surface area (Å²) in [5.41, 5.74) is 10.7. The van der Waals surface area contributed by atoms with E-state index in [4.69, 9.17) is 4.98 Å². The Bertz CT molecular complexity index is 1940. The molecule has 7 rings (SSSR count). The van der Waals surface area contributed by atoms with E-state index in [1.807, 2.05) is 20.2 Å². The summed E-state index contributed by atoms with van der Waals surface area (Å²) in [6, 6.07) is 19.2. The Morgan fingerprint density at radius 3 is 2.59 bits per heavy atom. The topological polar surface area (TPSA) is 72.6 Å².